The number of nitrogens with zero attached hydrogens (tertiary/aromatic N) is 1. The highest BCUT2D eigenvalue weighted by atomic mass is 127. The molecule has 0 saturated carbocycles. The summed E-state index contributed by atoms with van der Waals surface area (Å²) in [7, 11) is 0. The maximum atomic E-state index is 11.9. The van der Waals surface area contributed by atoms with Crippen molar-refractivity contribution in [3.05, 3.63) is 24.3 Å². The van der Waals surface area contributed by atoms with Crippen LogP contribution in [0.15, 0.2) is 29.3 Å². The van der Waals surface area contributed by atoms with E-state index in [1.807, 2.05) is 6.92 Å². The summed E-state index contributed by atoms with van der Waals surface area (Å²) in [6.07, 6.45) is 3.50. The van der Waals surface area contributed by atoms with Crippen LogP contribution in [0.4, 0.5) is 5.69 Å². The van der Waals surface area contributed by atoms with Crippen LogP contribution in [-0.4, -0.2) is 36.6 Å². The summed E-state index contributed by atoms with van der Waals surface area (Å²) in [5, 5.41) is 18.4. The number of phenolic OH excluding ortho intramolecular Hbond substituents is 1. The third kappa shape index (κ3) is 11.6. The Morgan fingerprint density at radius 2 is 1.84 bits per heavy atom. The summed E-state index contributed by atoms with van der Waals surface area (Å²) in [6, 6.07) is 6.35. The minimum absolute atomic E-state index is 0. The molecule has 0 aliphatic heterocycles. The van der Waals surface area contributed by atoms with Gasteiger partial charge in [0.05, 0.1) is 0 Å². The Bertz CT molecular complexity index is 518. The van der Waals surface area contributed by atoms with Crippen LogP contribution >= 0.6 is 24.0 Å². The number of nitrogens with one attached hydrogen (secondary N) is 3. The molecular weight excluding hydrogens is 431 g/mol. The fourth-order valence-electron chi connectivity index (χ4n) is 2.12. The van der Waals surface area contributed by atoms with Gasteiger partial charge in [-0.1, -0.05) is 26.7 Å². The number of anilines is 1. The third-order valence-corrected chi connectivity index (χ3v) is 3.38. The molecule has 142 valence electrons. The number of benzene rings is 1. The van der Waals surface area contributed by atoms with Crippen molar-refractivity contribution in [2.45, 2.75) is 40.0 Å². The first-order valence-electron chi connectivity index (χ1n) is 8.62. The SMILES string of the molecule is CCNC(=NCC(=O)Nc1ccc(O)cc1)NCCCCC(C)C.I. The molecule has 6 nitrogen and oxygen atoms in total. The topological polar surface area (TPSA) is 85.8 Å². The maximum absolute atomic E-state index is 11.9. The number of unbranched alkanes of at least 4 members (excludes halogenated alkanes) is 1. The third-order valence-electron chi connectivity index (χ3n) is 3.38. The van der Waals surface area contributed by atoms with Crippen molar-refractivity contribution in [1.82, 2.24) is 10.6 Å². The molecule has 1 amide bonds. The first kappa shape index (κ1) is 23.5. The van der Waals surface area contributed by atoms with E-state index in [0.29, 0.717) is 11.6 Å². The van der Waals surface area contributed by atoms with Gasteiger partial charge in [0, 0.05) is 18.8 Å². The summed E-state index contributed by atoms with van der Waals surface area (Å²) in [5.74, 6) is 1.36. The number of aliphatic imine (C=N–C) groups is 1. The van der Waals surface area contributed by atoms with E-state index in [0.717, 1.165) is 25.4 Å². The summed E-state index contributed by atoms with van der Waals surface area (Å²) in [5.41, 5.74) is 0.639. The number of hydrogen-bond acceptors (Lipinski definition) is 3. The molecule has 1 aromatic carbocycles. The van der Waals surface area contributed by atoms with Gasteiger partial charge >= 0.3 is 0 Å². The molecule has 1 aromatic rings. The Kier molecular flexibility index (Phi) is 12.9. The van der Waals surface area contributed by atoms with Crippen molar-refractivity contribution in [2.75, 3.05) is 25.0 Å². The van der Waals surface area contributed by atoms with Gasteiger partial charge in [-0.2, -0.15) is 0 Å². The van der Waals surface area contributed by atoms with E-state index in [-0.39, 0.29) is 42.2 Å². The zero-order chi connectivity index (χ0) is 17.8. The summed E-state index contributed by atoms with van der Waals surface area (Å²) >= 11 is 0. The molecular formula is C18H31IN4O2. The van der Waals surface area contributed by atoms with Crippen molar-refractivity contribution in [2.24, 2.45) is 10.9 Å². The lowest BCUT2D eigenvalue weighted by molar-refractivity contribution is -0.114. The van der Waals surface area contributed by atoms with Gasteiger partial charge in [-0.3, -0.25) is 4.79 Å². The van der Waals surface area contributed by atoms with E-state index in [1.165, 1.54) is 25.0 Å². The van der Waals surface area contributed by atoms with Gasteiger partial charge in [-0.05, 0) is 43.5 Å². The molecule has 4 N–H and O–H groups in total. The molecule has 0 atom stereocenters. The van der Waals surface area contributed by atoms with Crippen molar-refractivity contribution >= 4 is 41.5 Å². The van der Waals surface area contributed by atoms with E-state index in [1.54, 1.807) is 12.1 Å². The Morgan fingerprint density at radius 1 is 1.16 bits per heavy atom. The number of halogens is 1. The maximum Gasteiger partial charge on any atom is 0.246 e. The zero-order valence-corrected chi connectivity index (χ0v) is 17.7. The van der Waals surface area contributed by atoms with Crippen molar-refractivity contribution in [1.29, 1.82) is 0 Å². The second-order valence-corrected chi connectivity index (χ2v) is 6.11. The lowest BCUT2D eigenvalue weighted by Crippen LogP contribution is -2.38. The number of aromatic hydroxyl groups is 1. The van der Waals surface area contributed by atoms with Crippen molar-refractivity contribution < 1.29 is 9.90 Å². The molecule has 0 radical (unpaired) electrons. The second-order valence-electron chi connectivity index (χ2n) is 6.11. The highest BCUT2D eigenvalue weighted by Gasteiger charge is 2.03. The summed E-state index contributed by atoms with van der Waals surface area (Å²) in [4.78, 5) is 16.2. The van der Waals surface area contributed by atoms with Crippen LogP contribution in [0.3, 0.4) is 0 Å². The van der Waals surface area contributed by atoms with Crippen LogP contribution < -0.4 is 16.0 Å². The highest BCUT2D eigenvalue weighted by molar-refractivity contribution is 14.0. The van der Waals surface area contributed by atoms with E-state index >= 15 is 0 Å². The minimum Gasteiger partial charge on any atom is -0.508 e. The van der Waals surface area contributed by atoms with Crippen molar-refractivity contribution in [3.63, 3.8) is 0 Å². The molecule has 0 aliphatic rings. The van der Waals surface area contributed by atoms with Crippen LogP contribution in [0, 0.1) is 5.92 Å². The number of carbonyl (C=O) groups is 1. The van der Waals surface area contributed by atoms with E-state index in [9.17, 15) is 9.90 Å². The lowest BCUT2D eigenvalue weighted by Gasteiger charge is -2.11. The molecule has 25 heavy (non-hydrogen) atoms. The number of rotatable bonds is 9. The molecule has 0 saturated heterocycles. The molecule has 0 heterocycles. The molecule has 7 heteroatoms. The number of phenols is 1. The number of guanidine groups is 1. The molecule has 0 bridgehead atoms. The standard InChI is InChI=1S/C18H30N4O2.HI/c1-4-19-18(20-12-6-5-7-14(2)3)21-13-17(24)22-15-8-10-16(23)11-9-15;/h8-11,14,23H,4-7,12-13H2,1-3H3,(H,22,24)(H2,19,20,21);1H. The van der Waals surface area contributed by atoms with E-state index in [4.69, 9.17) is 0 Å². The lowest BCUT2D eigenvalue weighted by atomic mass is 10.1. The molecule has 0 aliphatic carbocycles. The predicted octanol–water partition coefficient (Wildman–Crippen LogP) is 3.33. The smallest absolute Gasteiger partial charge is 0.246 e. The average Bonchev–Trinajstić information content (AvgIpc) is 2.54. The van der Waals surface area contributed by atoms with Gasteiger partial charge in [0.25, 0.3) is 0 Å². The van der Waals surface area contributed by atoms with Gasteiger partial charge < -0.3 is 21.1 Å². The number of hydrogen-bond donors (Lipinski definition) is 4. The average molecular weight is 462 g/mol. The second kappa shape index (κ2) is 13.7. The van der Waals surface area contributed by atoms with Crippen LogP contribution in [0.5, 0.6) is 5.75 Å². The van der Waals surface area contributed by atoms with Gasteiger partial charge in [0.1, 0.15) is 12.3 Å². The van der Waals surface area contributed by atoms with E-state index in [2.05, 4.69) is 34.8 Å². The first-order valence-corrected chi connectivity index (χ1v) is 8.62. The Morgan fingerprint density at radius 3 is 2.44 bits per heavy atom. The van der Waals surface area contributed by atoms with Crippen LogP contribution in [-0.2, 0) is 4.79 Å². The predicted molar refractivity (Wildman–Crippen MR) is 115 cm³/mol. The Balaban J connectivity index is 0.00000576. The molecule has 0 aromatic heterocycles. The normalized spacial score (nSPS) is 11.0. The zero-order valence-electron chi connectivity index (χ0n) is 15.3. The Hall–Kier alpha value is -1.51. The number of amides is 1. The summed E-state index contributed by atoms with van der Waals surface area (Å²) in [6.45, 7) is 8.08. The minimum atomic E-state index is -0.197. The van der Waals surface area contributed by atoms with Crippen molar-refractivity contribution in [3.8, 4) is 5.75 Å². The van der Waals surface area contributed by atoms with Crippen LogP contribution in [0.2, 0.25) is 0 Å². The monoisotopic (exact) mass is 462 g/mol. The van der Waals surface area contributed by atoms with Gasteiger partial charge in [0.15, 0.2) is 5.96 Å². The van der Waals surface area contributed by atoms with Crippen LogP contribution in [0.25, 0.3) is 0 Å². The number of carbonyl (C=O) groups excluding carboxylic acids is 1. The van der Waals surface area contributed by atoms with E-state index < -0.39 is 0 Å². The molecule has 1 rings (SSSR count). The quantitative estimate of drug-likeness (QED) is 0.149. The van der Waals surface area contributed by atoms with Gasteiger partial charge in [0.2, 0.25) is 5.91 Å². The first-order chi connectivity index (χ1) is 11.5. The molecule has 0 fully saturated rings. The highest BCUT2D eigenvalue weighted by Crippen LogP contribution is 2.13. The fraction of sp³-hybridized carbons (Fsp3) is 0.556. The molecule has 0 spiro atoms. The van der Waals surface area contributed by atoms with Gasteiger partial charge in [-0.25, -0.2) is 4.99 Å². The summed E-state index contributed by atoms with van der Waals surface area (Å²) < 4.78 is 0. The largest absolute Gasteiger partial charge is 0.508 e. The van der Waals surface area contributed by atoms with Crippen LogP contribution in [0.1, 0.15) is 40.0 Å². The molecule has 0 unspecified atom stereocenters. The van der Waals surface area contributed by atoms with Gasteiger partial charge in [-0.15, -0.1) is 24.0 Å². The fourth-order valence-corrected chi connectivity index (χ4v) is 2.12. The Labute approximate surface area is 167 Å².